The van der Waals surface area contributed by atoms with Crippen LogP contribution in [0.2, 0.25) is 0 Å². The summed E-state index contributed by atoms with van der Waals surface area (Å²) in [5.41, 5.74) is -0.493. The first kappa shape index (κ1) is 15.1. The van der Waals surface area contributed by atoms with Crippen LogP contribution < -0.4 is 0 Å². The Labute approximate surface area is 128 Å². The summed E-state index contributed by atoms with van der Waals surface area (Å²) >= 11 is 1.98. The third-order valence-corrected chi connectivity index (χ3v) is 3.32. The van der Waals surface area contributed by atoms with Crippen molar-refractivity contribution in [2.45, 2.75) is 32.8 Å². The molecule has 0 N–H and O–H groups in total. The zero-order chi connectivity index (χ0) is 15.1. The number of hydrogen-bond acceptors (Lipinski definition) is 3. The standard InChI is InChI=1S/C13H13F2IN2O2/c1-13(2,3)20-12(19)18-6-9(16)8-4-7(10(14)15)5-17-11(8)18/h4-6,10H,1-3H3. The fraction of sp³-hybridized carbons (Fsp3) is 0.385. The molecule has 0 saturated carbocycles. The topological polar surface area (TPSA) is 44.1 Å². The van der Waals surface area contributed by atoms with Gasteiger partial charge in [0, 0.05) is 26.9 Å². The maximum Gasteiger partial charge on any atom is 0.420 e. The van der Waals surface area contributed by atoms with Crippen LogP contribution in [0.25, 0.3) is 11.0 Å². The molecule has 7 heteroatoms. The average molecular weight is 394 g/mol. The van der Waals surface area contributed by atoms with E-state index in [1.165, 1.54) is 16.8 Å². The number of pyridine rings is 1. The summed E-state index contributed by atoms with van der Waals surface area (Å²) in [6.45, 7) is 5.26. The molecule has 0 spiro atoms. The molecule has 4 nitrogen and oxygen atoms in total. The minimum absolute atomic E-state index is 0.169. The van der Waals surface area contributed by atoms with E-state index < -0.39 is 18.1 Å². The van der Waals surface area contributed by atoms with E-state index in [9.17, 15) is 13.6 Å². The molecule has 0 saturated heterocycles. The highest BCUT2D eigenvalue weighted by atomic mass is 127. The fourth-order valence-electron chi connectivity index (χ4n) is 1.66. The number of halogens is 3. The summed E-state index contributed by atoms with van der Waals surface area (Å²) < 4.78 is 32.5. The summed E-state index contributed by atoms with van der Waals surface area (Å²) in [6, 6.07) is 1.34. The van der Waals surface area contributed by atoms with Crippen LogP contribution in [0.15, 0.2) is 18.5 Å². The highest BCUT2D eigenvalue weighted by molar-refractivity contribution is 14.1. The highest BCUT2D eigenvalue weighted by Crippen LogP contribution is 2.27. The van der Waals surface area contributed by atoms with Crippen molar-refractivity contribution in [2.75, 3.05) is 0 Å². The van der Waals surface area contributed by atoms with Crippen molar-refractivity contribution in [3.63, 3.8) is 0 Å². The van der Waals surface area contributed by atoms with E-state index in [0.717, 1.165) is 6.20 Å². The number of aromatic nitrogens is 2. The molecule has 0 bridgehead atoms. The second-order valence-corrected chi connectivity index (χ2v) is 6.43. The third kappa shape index (κ3) is 3.08. The van der Waals surface area contributed by atoms with Gasteiger partial charge in [-0.3, -0.25) is 0 Å². The van der Waals surface area contributed by atoms with E-state index in [4.69, 9.17) is 4.74 Å². The van der Waals surface area contributed by atoms with Crippen LogP contribution in [0.4, 0.5) is 13.6 Å². The van der Waals surface area contributed by atoms with Crippen molar-refractivity contribution in [3.05, 3.63) is 27.6 Å². The molecule has 2 aromatic rings. The van der Waals surface area contributed by atoms with Gasteiger partial charge in [-0.2, -0.15) is 0 Å². The molecule has 0 aliphatic carbocycles. The molecule has 2 heterocycles. The Kier molecular flexibility index (Phi) is 3.99. The zero-order valence-corrected chi connectivity index (χ0v) is 13.3. The number of hydrogen-bond donors (Lipinski definition) is 0. The third-order valence-electron chi connectivity index (χ3n) is 2.46. The van der Waals surface area contributed by atoms with Crippen LogP contribution >= 0.6 is 22.6 Å². The van der Waals surface area contributed by atoms with E-state index in [2.05, 4.69) is 4.98 Å². The van der Waals surface area contributed by atoms with Gasteiger partial charge in [-0.25, -0.2) is 23.1 Å². The molecular formula is C13H13F2IN2O2. The predicted molar refractivity (Wildman–Crippen MR) is 79.0 cm³/mol. The number of carbonyl (C=O) groups excluding carboxylic acids is 1. The van der Waals surface area contributed by atoms with Crippen LogP contribution in [0.5, 0.6) is 0 Å². The maximum atomic E-state index is 12.7. The molecule has 2 aromatic heterocycles. The lowest BCUT2D eigenvalue weighted by molar-refractivity contribution is 0.0543. The van der Waals surface area contributed by atoms with Gasteiger partial charge in [0.2, 0.25) is 0 Å². The molecule has 0 fully saturated rings. The molecule has 0 amide bonds. The summed E-state index contributed by atoms with van der Waals surface area (Å²) in [5.74, 6) is 0. The first-order valence-corrected chi connectivity index (χ1v) is 6.95. The Morgan fingerprint density at radius 2 is 2.10 bits per heavy atom. The Balaban J connectivity index is 2.49. The fourth-order valence-corrected chi connectivity index (χ4v) is 2.33. The monoisotopic (exact) mass is 394 g/mol. The van der Waals surface area contributed by atoms with Gasteiger partial charge in [-0.05, 0) is 49.4 Å². The van der Waals surface area contributed by atoms with E-state index in [1.807, 2.05) is 22.6 Å². The normalized spacial score (nSPS) is 12.2. The lowest BCUT2D eigenvalue weighted by atomic mass is 10.2. The van der Waals surface area contributed by atoms with Crippen molar-refractivity contribution in [3.8, 4) is 0 Å². The van der Waals surface area contributed by atoms with Gasteiger partial charge in [-0.15, -0.1) is 0 Å². The molecule has 2 rings (SSSR count). The Bertz CT molecular complexity index is 662. The Morgan fingerprint density at radius 1 is 1.45 bits per heavy atom. The van der Waals surface area contributed by atoms with Crippen molar-refractivity contribution < 1.29 is 18.3 Å². The smallest absolute Gasteiger partial charge is 0.420 e. The Hall–Kier alpha value is -1.25. The average Bonchev–Trinajstić information content (AvgIpc) is 2.64. The number of carbonyl (C=O) groups is 1. The zero-order valence-electron chi connectivity index (χ0n) is 11.2. The van der Waals surface area contributed by atoms with Gasteiger partial charge < -0.3 is 4.74 Å². The maximum absolute atomic E-state index is 12.7. The number of alkyl halides is 2. The van der Waals surface area contributed by atoms with Crippen LogP contribution in [0, 0.1) is 3.57 Å². The van der Waals surface area contributed by atoms with Crippen molar-refractivity contribution >= 4 is 39.7 Å². The molecule has 0 atom stereocenters. The first-order valence-electron chi connectivity index (χ1n) is 5.87. The second-order valence-electron chi connectivity index (χ2n) is 5.27. The number of fused-ring (bicyclic) bond motifs is 1. The number of nitrogens with zero attached hydrogens (tertiary/aromatic N) is 2. The number of rotatable bonds is 1. The summed E-state index contributed by atoms with van der Waals surface area (Å²) in [4.78, 5) is 16.0. The van der Waals surface area contributed by atoms with Crippen molar-refractivity contribution in [1.29, 1.82) is 0 Å². The molecule has 0 aliphatic heterocycles. The van der Waals surface area contributed by atoms with Crippen molar-refractivity contribution in [2.24, 2.45) is 0 Å². The number of ether oxygens (including phenoxy) is 1. The van der Waals surface area contributed by atoms with Crippen LogP contribution in [0.3, 0.4) is 0 Å². The predicted octanol–water partition coefficient (Wildman–Crippen LogP) is 4.36. The van der Waals surface area contributed by atoms with Gasteiger partial charge in [0.1, 0.15) is 5.60 Å². The molecule has 20 heavy (non-hydrogen) atoms. The highest BCUT2D eigenvalue weighted by Gasteiger charge is 2.21. The van der Waals surface area contributed by atoms with Gasteiger partial charge >= 0.3 is 6.09 Å². The van der Waals surface area contributed by atoms with Gasteiger partial charge in [0.05, 0.1) is 0 Å². The van der Waals surface area contributed by atoms with Crippen LogP contribution in [-0.4, -0.2) is 21.2 Å². The van der Waals surface area contributed by atoms with Crippen LogP contribution in [0.1, 0.15) is 32.8 Å². The quantitative estimate of drug-likeness (QED) is 0.676. The first-order chi connectivity index (χ1) is 9.19. The lowest BCUT2D eigenvalue weighted by Crippen LogP contribution is -2.26. The van der Waals surface area contributed by atoms with Crippen LogP contribution in [-0.2, 0) is 4.74 Å². The van der Waals surface area contributed by atoms with E-state index in [0.29, 0.717) is 14.6 Å². The van der Waals surface area contributed by atoms with Gasteiger partial charge in [0.25, 0.3) is 6.43 Å². The van der Waals surface area contributed by atoms with Crippen molar-refractivity contribution in [1.82, 2.24) is 9.55 Å². The van der Waals surface area contributed by atoms with E-state index in [1.54, 1.807) is 20.8 Å². The molecule has 0 radical (unpaired) electrons. The molecule has 0 aliphatic rings. The second kappa shape index (κ2) is 5.27. The summed E-state index contributed by atoms with van der Waals surface area (Å²) in [6.07, 6.45) is -0.568. The lowest BCUT2D eigenvalue weighted by Gasteiger charge is -2.19. The molecular weight excluding hydrogens is 381 g/mol. The minimum atomic E-state index is -2.59. The van der Waals surface area contributed by atoms with Gasteiger partial charge in [-0.1, -0.05) is 0 Å². The summed E-state index contributed by atoms with van der Waals surface area (Å²) in [7, 11) is 0. The molecule has 0 aromatic carbocycles. The largest absolute Gasteiger partial charge is 0.443 e. The minimum Gasteiger partial charge on any atom is -0.443 e. The van der Waals surface area contributed by atoms with Gasteiger partial charge in [0.15, 0.2) is 5.65 Å². The summed E-state index contributed by atoms with van der Waals surface area (Å²) in [5, 5.41) is 0.509. The Morgan fingerprint density at radius 3 is 2.65 bits per heavy atom. The molecule has 108 valence electrons. The van der Waals surface area contributed by atoms with E-state index in [-0.39, 0.29) is 5.56 Å². The molecule has 0 unspecified atom stereocenters. The SMILES string of the molecule is CC(C)(C)OC(=O)n1cc(I)c2cc(C(F)F)cnc21. The van der Waals surface area contributed by atoms with E-state index >= 15 is 0 Å².